The molecule has 0 radical (unpaired) electrons. The summed E-state index contributed by atoms with van der Waals surface area (Å²) in [5.41, 5.74) is 8.61. The standard InChI is InChI=1S/C27H27N5O3/c1-3-6-23(32-26-22-10-5-9-21(25(28)33)24(22)29-16-30-26)18-7-4-8-19(15-18)31-27(34)17-11-13-20(35-2)14-12-17/h4-5,7-16,23H,3,6H2,1-2H3,(H2,28,33)(H,31,34)(H,29,30,32). The Hall–Kier alpha value is -4.46. The van der Waals surface area contributed by atoms with E-state index in [4.69, 9.17) is 10.5 Å². The quantitative estimate of drug-likeness (QED) is 0.319. The van der Waals surface area contributed by atoms with Gasteiger partial charge in [0.15, 0.2) is 0 Å². The fourth-order valence-electron chi connectivity index (χ4n) is 3.96. The Bertz CT molecular complexity index is 1350. The Labute approximate surface area is 203 Å². The highest BCUT2D eigenvalue weighted by atomic mass is 16.5. The van der Waals surface area contributed by atoms with Crippen LogP contribution in [0.1, 0.15) is 52.1 Å². The Morgan fingerprint density at radius 2 is 1.80 bits per heavy atom. The second-order valence-electron chi connectivity index (χ2n) is 8.08. The average molecular weight is 470 g/mol. The molecule has 3 aromatic carbocycles. The predicted octanol–water partition coefficient (Wildman–Crippen LogP) is 4.94. The first-order valence-electron chi connectivity index (χ1n) is 11.4. The van der Waals surface area contributed by atoms with Gasteiger partial charge in [-0.25, -0.2) is 9.97 Å². The number of hydrogen-bond donors (Lipinski definition) is 3. The predicted molar refractivity (Wildman–Crippen MR) is 137 cm³/mol. The average Bonchev–Trinajstić information content (AvgIpc) is 2.88. The molecule has 0 aliphatic heterocycles. The van der Waals surface area contributed by atoms with Crippen LogP contribution in [0.5, 0.6) is 5.75 Å². The molecule has 4 N–H and O–H groups in total. The van der Waals surface area contributed by atoms with E-state index in [1.165, 1.54) is 6.33 Å². The molecule has 1 aromatic heterocycles. The minimum absolute atomic E-state index is 0.0758. The molecule has 8 nitrogen and oxygen atoms in total. The van der Waals surface area contributed by atoms with Crippen LogP contribution >= 0.6 is 0 Å². The monoisotopic (exact) mass is 469 g/mol. The molecule has 1 unspecified atom stereocenters. The Balaban J connectivity index is 1.59. The lowest BCUT2D eigenvalue weighted by Gasteiger charge is -2.21. The molecule has 4 aromatic rings. The molecule has 0 fully saturated rings. The second kappa shape index (κ2) is 10.6. The summed E-state index contributed by atoms with van der Waals surface area (Å²) in [7, 11) is 1.59. The van der Waals surface area contributed by atoms with Crippen LogP contribution in [-0.4, -0.2) is 28.9 Å². The van der Waals surface area contributed by atoms with Crippen molar-refractivity contribution < 1.29 is 14.3 Å². The minimum atomic E-state index is -0.536. The van der Waals surface area contributed by atoms with Crippen LogP contribution < -0.4 is 21.1 Å². The normalized spacial score (nSPS) is 11.6. The summed E-state index contributed by atoms with van der Waals surface area (Å²) in [6.45, 7) is 2.10. The lowest BCUT2D eigenvalue weighted by Crippen LogP contribution is -2.15. The lowest BCUT2D eigenvalue weighted by atomic mass is 10.0. The van der Waals surface area contributed by atoms with E-state index < -0.39 is 5.91 Å². The van der Waals surface area contributed by atoms with Crippen LogP contribution in [0.3, 0.4) is 0 Å². The zero-order chi connectivity index (χ0) is 24.8. The zero-order valence-electron chi connectivity index (χ0n) is 19.6. The molecule has 0 saturated carbocycles. The number of nitrogens with two attached hydrogens (primary N) is 1. The Kier molecular flexibility index (Phi) is 7.21. The molecule has 2 amide bonds. The maximum atomic E-state index is 12.7. The van der Waals surface area contributed by atoms with Gasteiger partial charge in [-0.15, -0.1) is 0 Å². The third kappa shape index (κ3) is 5.38. The molecule has 0 spiro atoms. The number of rotatable bonds is 9. The number of nitrogens with one attached hydrogen (secondary N) is 2. The van der Waals surface area contributed by atoms with Gasteiger partial charge in [-0.1, -0.05) is 31.5 Å². The first kappa shape index (κ1) is 23.7. The van der Waals surface area contributed by atoms with Crippen molar-refractivity contribution in [2.45, 2.75) is 25.8 Å². The largest absolute Gasteiger partial charge is 0.497 e. The van der Waals surface area contributed by atoms with Gasteiger partial charge in [0.2, 0.25) is 0 Å². The molecule has 178 valence electrons. The molecule has 0 saturated heterocycles. The highest BCUT2D eigenvalue weighted by Gasteiger charge is 2.17. The highest BCUT2D eigenvalue weighted by Crippen LogP contribution is 2.29. The molecule has 0 aliphatic rings. The van der Waals surface area contributed by atoms with Crippen LogP contribution in [0.2, 0.25) is 0 Å². The minimum Gasteiger partial charge on any atom is -0.497 e. The number of para-hydroxylation sites is 1. The van der Waals surface area contributed by atoms with Crippen LogP contribution in [-0.2, 0) is 0 Å². The van der Waals surface area contributed by atoms with Crippen LogP contribution in [0.4, 0.5) is 11.5 Å². The zero-order valence-corrected chi connectivity index (χ0v) is 19.6. The number of amides is 2. The molecule has 1 atom stereocenters. The summed E-state index contributed by atoms with van der Waals surface area (Å²) in [6, 6.07) is 19.9. The molecule has 1 heterocycles. The molecule has 0 bridgehead atoms. The SMILES string of the molecule is CCCC(Nc1ncnc2c(C(N)=O)cccc12)c1cccc(NC(=O)c2ccc(OC)cc2)c1. The number of primary amides is 1. The molecular formula is C27H27N5O3. The summed E-state index contributed by atoms with van der Waals surface area (Å²) in [6.07, 6.45) is 3.18. The highest BCUT2D eigenvalue weighted by molar-refractivity contribution is 6.07. The van der Waals surface area contributed by atoms with Crippen LogP contribution in [0.25, 0.3) is 10.9 Å². The van der Waals surface area contributed by atoms with Gasteiger partial charge in [0, 0.05) is 16.6 Å². The number of nitrogens with zero attached hydrogens (tertiary/aromatic N) is 2. The summed E-state index contributed by atoms with van der Waals surface area (Å²) in [5.74, 6) is 0.567. The molecule has 8 heteroatoms. The fourth-order valence-corrected chi connectivity index (χ4v) is 3.96. The molecule has 4 rings (SSSR count). The van der Waals surface area contributed by atoms with Crippen molar-refractivity contribution in [2.24, 2.45) is 5.73 Å². The molecule has 0 aliphatic carbocycles. The first-order chi connectivity index (χ1) is 17.0. The Morgan fingerprint density at radius 1 is 1.03 bits per heavy atom. The number of carbonyl (C=O) groups excluding carboxylic acids is 2. The van der Waals surface area contributed by atoms with Crippen molar-refractivity contribution in [3.63, 3.8) is 0 Å². The van der Waals surface area contributed by atoms with E-state index in [0.29, 0.717) is 39.3 Å². The van der Waals surface area contributed by atoms with Crippen molar-refractivity contribution >= 4 is 34.2 Å². The van der Waals surface area contributed by atoms with Crippen molar-refractivity contribution in [3.8, 4) is 5.75 Å². The summed E-state index contributed by atoms with van der Waals surface area (Å²) in [5, 5.41) is 7.18. The smallest absolute Gasteiger partial charge is 0.255 e. The number of ether oxygens (including phenoxy) is 1. The van der Waals surface area contributed by atoms with Crippen LogP contribution in [0.15, 0.2) is 73.1 Å². The van der Waals surface area contributed by atoms with Gasteiger partial charge in [0.05, 0.1) is 24.2 Å². The molecule has 35 heavy (non-hydrogen) atoms. The summed E-state index contributed by atoms with van der Waals surface area (Å²) in [4.78, 5) is 33.2. The van der Waals surface area contributed by atoms with Crippen molar-refractivity contribution in [3.05, 3.63) is 89.7 Å². The van der Waals surface area contributed by atoms with Gasteiger partial charge >= 0.3 is 0 Å². The van der Waals surface area contributed by atoms with Gasteiger partial charge in [-0.3, -0.25) is 9.59 Å². The number of carbonyl (C=O) groups is 2. The second-order valence-corrected chi connectivity index (χ2v) is 8.08. The topological polar surface area (TPSA) is 119 Å². The van der Waals surface area contributed by atoms with Crippen molar-refractivity contribution in [1.82, 2.24) is 9.97 Å². The number of methoxy groups -OCH3 is 1. The van der Waals surface area contributed by atoms with E-state index in [0.717, 1.165) is 18.4 Å². The number of anilines is 2. The Morgan fingerprint density at radius 3 is 2.51 bits per heavy atom. The maximum absolute atomic E-state index is 12.7. The van der Waals surface area contributed by atoms with E-state index in [2.05, 4.69) is 27.5 Å². The lowest BCUT2D eigenvalue weighted by molar-refractivity contribution is 0.0998. The van der Waals surface area contributed by atoms with Crippen LogP contribution in [0, 0.1) is 0 Å². The van der Waals surface area contributed by atoms with Gasteiger partial charge in [-0.2, -0.15) is 0 Å². The third-order valence-electron chi connectivity index (χ3n) is 5.72. The van der Waals surface area contributed by atoms with E-state index in [1.807, 2.05) is 30.3 Å². The number of fused-ring (bicyclic) bond motifs is 1. The van der Waals surface area contributed by atoms with Gasteiger partial charge in [0.25, 0.3) is 11.8 Å². The van der Waals surface area contributed by atoms with E-state index in [-0.39, 0.29) is 11.9 Å². The number of hydrogen-bond acceptors (Lipinski definition) is 6. The number of aromatic nitrogens is 2. The van der Waals surface area contributed by atoms with Gasteiger partial charge in [0.1, 0.15) is 17.9 Å². The summed E-state index contributed by atoms with van der Waals surface area (Å²) < 4.78 is 5.16. The van der Waals surface area contributed by atoms with E-state index in [1.54, 1.807) is 43.5 Å². The first-order valence-corrected chi connectivity index (χ1v) is 11.4. The third-order valence-corrected chi connectivity index (χ3v) is 5.72. The van der Waals surface area contributed by atoms with E-state index in [9.17, 15) is 9.59 Å². The molecular weight excluding hydrogens is 442 g/mol. The fraction of sp³-hybridized carbons (Fsp3) is 0.185. The van der Waals surface area contributed by atoms with Crippen molar-refractivity contribution in [1.29, 1.82) is 0 Å². The van der Waals surface area contributed by atoms with E-state index >= 15 is 0 Å². The summed E-state index contributed by atoms with van der Waals surface area (Å²) >= 11 is 0. The van der Waals surface area contributed by atoms with Crippen molar-refractivity contribution in [2.75, 3.05) is 17.7 Å². The van der Waals surface area contributed by atoms with Gasteiger partial charge in [-0.05, 0) is 60.5 Å². The number of benzene rings is 3. The maximum Gasteiger partial charge on any atom is 0.255 e. The van der Waals surface area contributed by atoms with Gasteiger partial charge < -0.3 is 21.1 Å².